The third-order valence-corrected chi connectivity index (χ3v) is 13.9. The molecule has 398 valence electrons. The van der Waals surface area contributed by atoms with E-state index in [9.17, 15) is 14.4 Å². The van der Waals surface area contributed by atoms with Crippen molar-refractivity contribution in [3.05, 3.63) is 0 Å². The second-order valence-corrected chi connectivity index (χ2v) is 22.4. The summed E-state index contributed by atoms with van der Waals surface area (Å²) in [4.78, 5) is 38.2. The van der Waals surface area contributed by atoms with Crippen molar-refractivity contribution in [2.75, 3.05) is 13.2 Å². The molecule has 0 bridgehead atoms. The first-order valence-corrected chi connectivity index (χ1v) is 30.1. The van der Waals surface area contributed by atoms with Crippen LogP contribution in [-0.4, -0.2) is 37.2 Å². The number of carbonyl (C=O) groups is 3. The van der Waals surface area contributed by atoms with Crippen LogP contribution in [0.1, 0.15) is 337 Å². The SMILES string of the molecule is CC(C)CCCCCCCCCCCCCCCCCCC(=O)O[C@@H](COC(=O)CCCCCCCCCCCCCCCCCC(C)C)COC(=O)CCCCCCCCCCCC(C)C. The first-order chi connectivity index (χ1) is 32.6. The summed E-state index contributed by atoms with van der Waals surface area (Å²) in [5, 5.41) is 0. The predicted octanol–water partition coefficient (Wildman–Crippen LogP) is 19.9. The van der Waals surface area contributed by atoms with Gasteiger partial charge in [-0.05, 0) is 37.0 Å². The third-order valence-electron chi connectivity index (χ3n) is 13.9. The van der Waals surface area contributed by atoms with Crippen LogP contribution in [0.4, 0.5) is 0 Å². The Balaban J connectivity index is 4.27. The van der Waals surface area contributed by atoms with Gasteiger partial charge in [0, 0.05) is 19.3 Å². The van der Waals surface area contributed by atoms with Gasteiger partial charge in [-0.3, -0.25) is 14.4 Å². The molecule has 0 saturated carbocycles. The van der Waals surface area contributed by atoms with E-state index in [0.29, 0.717) is 19.3 Å². The van der Waals surface area contributed by atoms with Crippen LogP contribution in [-0.2, 0) is 28.6 Å². The first kappa shape index (κ1) is 65.4. The number of ether oxygens (including phenoxy) is 3. The molecule has 0 rings (SSSR count). The van der Waals surface area contributed by atoms with Crippen LogP contribution in [0.2, 0.25) is 0 Å². The molecule has 0 spiro atoms. The van der Waals surface area contributed by atoms with Crippen molar-refractivity contribution in [3.8, 4) is 0 Å². The van der Waals surface area contributed by atoms with Gasteiger partial charge in [-0.1, -0.05) is 298 Å². The summed E-state index contributed by atoms with van der Waals surface area (Å²) in [7, 11) is 0. The number of esters is 3. The Kier molecular flexibility index (Phi) is 51.0. The fourth-order valence-electron chi connectivity index (χ4n) is 9.35. The van der Waals surface area contributed by atoms with Crippen LogP contribution in [0.25, 0.3) is 0 Å². The summed E-state index contributed by atoms with van der Waals surface area (Å²) >= 11 is 0. The van der Waals surface area contributed by atoms with Gasteiger partial charge < -0.3 is 14.2 Å². The molecule has 0 amide bonds. The summed E-state index contributed by atoms with van der Waals surface area (Å²) in [5.74, 6) is 1.67. The maximum Gasteiger partial charge on any atom is 0.306 e. The van der Waals surface area contributed by atoms with Gasteiger partial charge in [0.25, 0.3) is 0 Å². The average Bonchev–Trinajstić information content (AvgIpc) is 3.29. The summed E-state index contributed by atoms with van der Waals surface area (Å²) in [6.45, 7) is 13.8. The Morgan fingerprint density at radius 3 is 0.642 bits per heavy atom. The maximum absolute atomic E-state index is 12.9. The number of unbranched alkanes of at least 4 members (excludes halogenated alkanes) is 37. The van der Waals surface area contributed by atoms with Crippen molar-refractivity contribution in [2.24, 2.45) is 17.8 Å². The zero-order valence-electron chi connectivity index (χ0n) is 46.2. The fourth-order valence-corrected chi connectivity index (χ4v) is 9.35. The van der Waals surface area contributed by atoms with E-state index >= 15 is 0 Å². The zero-order valence-corrected chi connectivity index (χ0v) is 46.2. The van der Waals surface area contributed by atoms with E-state index in [0.717, 1.165) is 75.5 Å². The minimum absolute atomic E-state index is 0.0633. The second-order valence-electron chi connectivity index (χ2n) is 22.4. The average molecular weight is 948 g/mol. The third kappa shape index (κ3) is 55.2. The number of carbonyl (C=O) groups excluding carboxylic acids is 3. The number of hydrogen-bond acceptors (Lipinski definition) is 6. The van der Waals surface area contributed by atoms with Gasteiger partial charge in [0.2, 0.25) is 0 Å². The molecule has 6 heteroatoms. The standard InChI is InChI=1S/C61H118O6/c1-55(2)47-41-35-29-23-18-14-10-7-8-12-17-21-27-34-40-46-52-61(64)67-58(54-66-60(63)51-45-39-33-28-22-25-31-37-43-49-57(5)6)53-65-59(62)50-44-38-32-26-20-16-13-9-11-15-19-24-30-36-42-48-56(3)4/h55-58H,7-54H2,1-6H3/t58-/m0/s1. The predicted molar refractivity (Wildman–Crippen MR) is 289 cm³/mol. The lowest BCUT2D eigenvalue weighted by molar-refractivity contribution is -0.167. The lowest BCUT2D eigenvalue weighted by Gasteiger charge is -2.18. The van der Waals surface area contributed by atoms with Crippen LogP contribution in [0.3, 0.4) is 0 Å². The molecular formula is C61H118O6. The summed E-state index contributed by atoms with van der Waals surface area (Å²) < 4.78 is 16.9. The van der Waals surface area contributed by atoms with E-state index in [2.05, 4.69) is 41.5 Å². The Hall–Kier alpha value is -1.59. The van der Waals surface area contributed by atoms with E-state index in [1.807, 2.05) is 0 Å². The van der Waals surface area contributed by atoms with Crippen molar-refractivity contribution < 1.29 is 28.6 Å². The molecule has 1 atom stereocenters. The van der Waals surface area contributed by atoms with Crippen LogP contribution in [0.5, 0.6) is 0 Å². The number of rotatable bonds is 54. The Bertz CT molecular complexity index is 1040. The molecule has 67 heavy (non-hydrogen) atoms. The Labute approximate surface area is 418 Å². The van der Waals surface area contributed by atoms with Crippen molar-refractivity contribution in [1.82, 2.24) is 0 Å². The molecule has 0 aromatic heterocycles. The van der Waals surface area contributed by atoms with E-state index in [-0.39, 0.29) is 31.1 Å². The van der Waals surface area contributed by atoms with Gasteiger partial charge in [-0.15, -0.1) is 0 Å². The van der Waals surface area contributed by atoms with Crippen molar-refractivity contribution >= 4 is 17.9 Å². The summed E-state index contributed by atoms with van der Waals surface area (Å²) in [5.41, 5.74) is 0. The highest BCUT2D eigenvalue weighted by Crippen LogP contribution is 2.19. The minimum atomic E-state index is -0.764. The zero-order chi connectivity index (χ0) is 49.1. The van der Waals surface area contributed by atoms with E-state index in [1.54, 1.807) is 0 Å². The molecule has 0 radical (unpaired) electrons. The monoisotopic (exact) mass is 947 g/mol. The highest BCUT2D eigenvalue weighted by atomic mass is 16.6. The van der Waals surface area contributed by atoms with Gasteiger partial charge in [0.05, 0.1) is 0 Å². The van der Waals surface area contributed by atoms with Crippen LogP contribution < -0.4 is 0 Å². The molecule has 6 nitrogen and oxygen atoms in total. The molecule has 0 fully saturated rings. The maximum atomic E-state index is 12.9. The Morgan fingerprint density at radius 2 is 0.433 bits per heavy atom. The normalized spacial score (nSPS) is 12.1. The van der Waals surface area contributed by atoms with Crippen LogP contribution >= 0.6 is 0 Å². The largest absolute Gasteiger partial charge is 0.462 e. The van der Waals surface area contributed by atoms with E-state index < -0.39 is 6.10 Å². The van der Waals surface area contributed by atoms with Crippen molar-refractivity contribution in [3.63, 3.8) is 0 Å². The minimum Gasteiger partial charge on any atom is -0.462 e. The van der Waals surface area contributed by atoms with Gasteiger partial charge in [-0.2, -0.15) is 0 Å². The molecule has 0 heterocycles. The molecule has 0 saturated heterocycles. The van der Waals surface area contributed by atoms with Crippen molar-refractivity contribution in [1.29, 1.82) is 0 Å². The molecule has 0 N–H and O–H groups in total. The van der Waals surface area contributed by atoms with Crippen molar-refractivity contribution in [2.45, 2.75) is 343 Å². The first-order valence-electron chi connectivity index (χ1n) is 30.1. The van der Waals surface area contributed by atoms with E-state index in [4.69, 9.17) is 14.2 Å². The second kappa shape index (κ2) is 52.2. The number of hydrogen-bond donors (Lipinski definition) is 0. The quantitative estimate of drug-likeness (QED) is 0.0343. The molecule has 0 aliphatic carbocycles. The van der Waals surface area contributed by atoms with Gasteiger partial charge >= 0.3 is 17.9 Å². The molecule has 0 aromatic rings. The fraction of sp³-hybridized carbons (Fsp3) is 0.951. The van der Waals surface area contributed by atoms with E-state index in [1.165, 1.54) is 218 Å². The summed E-state index contributed by atoms with van der Waals surface area (Å²) in [6, 6.07) is 0. The highest BCUT2D eigenvalue weighted by Gasteiger charge is 2.19. The molecule has 0 unspecified atom stereocenters. The molecule has 0 aromatic carbocycles. The summed E-state index contributed by atoms with van der Waals surface area (Å²) in [6.07, 6.45) is 55.3. The molecule has 0 aliphatic rings. The molecule has 0 aliphatic heterocycles. The Morgan fingerprint density at radius 1 is 0.254 bits per heavy atom. The highest BCUT2D eigenvalue weighted by molar-refractivity contribution is 5.71. The smallest absolute Gasteiger partial charge is 0.306 e. The topological polar surface area (TPSA) is 78.9 Å². The lowest BCUT2D eigenvalue weighted by Crippen LogP contribution is -2.30. The van der Waals surface area contributed by atoms with Gasteiger partial charge in [-0.25, -0.2) is 0 Å². The lowest BCUT2D eigenvalue weighted by atomic mass is 10.0. The van der Waals surface area contributed by atoms with Gasteiger partial charge in [0.1, 0.15) is 13.2 Å². The van der Waals surface area contributed by atoms with Gasteiger partial charge in [0.15, 0.2) is 6.10 Å². The molecular weight excluding hydrogens is 829 g/mol. The van der Waals surface area contributed by atoms with Crippen LogP contribution in [0, 0.1) is 17.8 Å². The van der Waals surface area contributed by atoms with Crippen LogP contribution in [0.15, 0.2) is 0 Å².